The van der Waals surface area contributed by atoms with Crippen LogP contribution in [-0.4, -0.2) is 17.6 Å². The Morgan fingerprint density at radius 1 is 1.42 bits per heavy atom. The van der Waals surface area contributed by atoms with E-state index < -0.39 is 0 Å². The fourth-order valence-electron chi connectivity index (χ4n) is 1.91. The first-order chi connectivity index (χ1) is 9.22. The molecule has 0 atom stereocenters. The molecule has 0 aliphatic heterocycles. The number of nitrogens with one attached hydrogen (secondary N) is 1. The van der Waals surface area contributed by atoms with Crippen molar-refractivity contribution in [3.63, 3.8) is 0 Å². The van der Waals surface area contributed by atoms with Crippen molar-refractivity contribution in [2.45, 2.75) is 25.3 Å². The van der Waals surface area contributed by atoms with Gasteiger partial charge in [-0.05, 0) is 53.6 Å². The van der Waals surface area contributed by atoms with Crippen molar-refractivity contribution >= 4 is 22.6 Å². The van der Waals surface area contributed by atoms with Gasteiger partial charge in [-0.3, -0.25) is 0 Å². The lowest BCUT2D eigenvalue weighted by Crippen LogP contribution is -2.19. The minimum Gasteiger partial charge on any atom is -0.441 e. The van der Waals surface area contributed by atoms with Crippen molar-refractivity contribution in [3.05, 3.63) is 39.7 Å². The molecule has 1 N–H and O–H groups in total. The lowest BCUT2D eigenvalue weighted by molar-refractivity contribution is 0.494. The van der Waals surface area contributed by atoms with E-state index in [1.54, 1.807) is 12.3 Å². The van der Waals surface area contributed by atoms with Crippen molar-refractivity contribution < 1.29 is 8.81 Å². The summed E-state index contributed by atoms with van der Waals surface area (Å²) in [5.74, 6) is 1.19. The van der Waals surface area contributed by atoms with E-state index in [-0.39, 0.29) is 5.82 Å². The Labute approximate surface area is 124 Å². The minimum absolute atomic E-state index is 0.235. The highest BCUT2D eigenvalue weighted by Gasteiger charge is 2.20. The van der Waals surface area contributed by atoms with Crippen LogP contribution in [0.15, 0.2) is 28.8 Å². The lowest BCUT2D eigenvalue weighted by Gasteiger charge is -2.01. The summed E-state index contributed by atoms with van der Waals surface area (Å²) in [6.45, 7) is 0.894. The van der Waals surface area contributed by atoms with Crippen molar-refractivity contribution in [1.82, 2.24) is 10.3 Å². The van der Waals surface area contributed by atoms with Crippen LogP contribution in [0.25, 0.3) is 11.3 Å². The zero-order valence-corrected chi connectivity index (χ0v) is 12.5. The number of hydrogen-bond donors (Lipinski definition) is 1. The average Bonchev–Trinajstić information content (AvgIpc) is 3.07. The molecule has 1 aliphatic rings. The van der Waals surface area contributed by atoms with Crippen LogP contribution in [0.1, 0.15) is 18.7 Å². The molecule has 0 amide bonds. The summed E-state index contributed by atoms with van der Waals surface area (Å²) in [6.07, 6.45) is 5.06. The van der Waals surface area contributed by atoms with E-state index in [1.807, 2.05) is 0 Å². The van der Waals surface area contributed by atoms with Crippen LogP contribution in [-0.2, 0) is 6.42 Å². The predicted octanol–water partition coefficient (Wildman–Crippen LogP) is 3.38. The highest BCUT2D eigenvalue weighted by atomic mass is 127. The molecule has 1 aliphatic carbocycles. The SMILES string of the molecule is Fc1ccc(-c2cnc(CCNC3CC3)o2)c(I)c1. The molecule has 3 nitrogen and oxygen atoms in total. The molecule has 2 aromatic rings. The van der Waals surface area contributed by atoms with E-state index in [0.717, 1.165) is 28.0 Å². The van der Waals surface area contributed by atoms with E-state index >= 15 is 0 Å². The quantitative estimate of drug-likeness (QED) is 0.818. The molecule has 0 saturated heterocycles. The normalized spacial score (nSPS) is 14.8. The van der Waals surface area contributed by atoms with Crippen LogP contribution in [0.4, 0.5) is 4.39 Å². The Morgan fingerprint density at radius 3 is 3.00 bits per heavy atom. The fraction of sp³-hybridized carbons (Fsp3) is 0.357. The molecule has 3 rings (SSSR count). The van der Waals surface area contributed by atoms with Crippen LogP contribution >= 0.6 is 22.6 Å². The summed E-state index contributed by atoms with van der Waals surface area (Å²) >= 11 is 2.10. The van der Waals surface area contributed by atoms with Crippen LogP contribution in [0.2, 0.25) is 0 Å². The first-order valence-electron chi connectivity index (χ1n) is 6.36. The van der Waals surface area contributed by atoms with Crippen LogP contribution in [0, 0.1) is 9.39 Å². The second-order valence-corrected chi connectivity index (χ2v) is 5.88. The van der Waals surface area contributed by atoms with Crippen molar-refractivity contribution in [2.75, 3.05) is 6.54 Å². The number of oxazole rings is 1. The Morgan fingerprint density at radius 2 is 2.26 bits per heavy atom. The Hall–Kier alpha value is -0.950. The second kappa shape index (κ2) is 5.58. The van der Waals surface area contributed by atoms with Gasteiger partial charge in [0.05, 0.1) is 6.20 Å². The third-order valence-electron chi connectivity index (χ3n) is 3.10. The van der Waals surface area contributed by atoms with E-state index in [9.17, 15) is 4.39 Å². The summed E-state index contributed by atoms with van der Waals surface area (Å²) in [7, 11) is 0. The van der Waals surface area contributed by atoms with Gasteiger partial charge in [-0.2, -0.15) is 0 Å². The number of hydrogen-bond acceptors (Lipinski definition) is 3. The minimum atomic E-state index is -0.235. The maximum atomic E-state index is 13.1. The van der Waals surface area contributed by atoms with Crippen LogP contribution in [0.5, 0.6) is 0 Å². The van der Waals surface area contributed by atoms with Crippen molar-refractivity contribution in [2.24, 2.45) is 0 Å². The van der Waals surface area contributed by atoms with Gasteiger partial charge in [-0.1, -0.05) is 0 Å². The molecule has 1 saturated carbocycles. The molecule has 1 fully saturated rings. The molecule has 0 radical (unpaired) electrons. The third-order valence-corrected chi connectivity index (χ3v) is 3.99. The van der Waals surface area contributed by atoms with E-state index in [0.29, 0.717) is 11.8 Å². The molecule has 1 heterocycles. The summed E-state index contributed by atoms with van der Waals surface area (Å²) in [4.78, 5) is 4.27. The summed E-state index contributed by atoms with van der Waals surface area (Å²) in [5, 5.41) is 3.42. The second-order valence-electron chi connectivity index (χ2n) is 4.72. The van der Waals surface area contributed by atoms with Gasteiger partial charge in [0.2, 0.25) is 0 Å². The van der Waals surface area contributed by atoms with Gasteiger partial charge in [0.25, 0.3) is 0 Å². The number of halogens is 2. The summed E-state index contributed by atoms with van der Waals surface area (Å²) in [6, 6.07) is 5.36. The Kier molecular flexibility index (Phi) is 3.83. The maximum Gasteiger partial charge on any atom is 0.196 e. The van der Waals surface area contributed by atoms with Crippen molar-refractivity contribution in [1.29, 1.82) is 0 Å². The van der Waals surface area contributed by atoms with Gasteiger partial charge >= 0.3 is 0 Å². The third kappa shape index (κ3) is 3.33. The highest BCUT2D eigenvalue weighted by Crippen LogP contribution is 2.26. The zero-order chi connectivity index (χ0) is 13.2. The highest BCUT2D eigenvalue weighted by molar-refractivity contribution is 14.1. The van der Waals surface area contributed by atoms with Gasteiger partial charge in [-0.25, -0.2) is 9.37 Å². The first-order valence-corrected chi connectivity index (χ1v) is 7.44. The molecular formula is C14H14FIN2O. The standard InChI is InChI=1S/C14H14FIN2O/c15-9-1-4-11(12(16)7-9)13-8-18-14(19-13)5-6-17-10-2-3-10/h1,4,7-8,10,17H,2-3,5-6H2. The molecule has 0 spiro atoms. The number of rotatable bonds is 5. The van der Waals surface area contributed by atoms with Gasteiger partial charge in [0.15, 0.2) is 11.7 Å². The summed E-state index contributed by atoms with van der Waals surface area (Å²) < 4.78 is 19.6. The van der Waals surface area contributed by atoms with Gasteiger partial charge < -0.3 is 9.73 Å². The predicted molar refractivity (Wildman–Crippen MR) is 79.3 cm³/mol. The van der Waals surface area contributed by atoms with E-state index in [4.69, 9.17) is 4.42 Å². The topological polar surface area (TPSA) is 38.1 Å². The molecule has 1 aromatic heterocycles. The number of nitrogens with zero attached hydrogens (tertiary/aromatic N) is 1. The molecule has 19 heavy (non-hydrogen) atoms. The average molecular weight is 372 g/mol. The largest absolute Gasteiger partial charge is 0.441 e. The molecule has 0 unspecified atom stereocenters. The first kappa shape index (κ1) is 13.1. The van der Waals surface area contributed by atoms with E-state index in [2.05, 4.69) is 32.9 Å². The van der Waals surface area contributed by atoms with Gasteiger partial charge in [0.1, 0.15) is 5.82 Å². The van der Waals surface area contributed by atoms with Crippen molar-refractivity contribution in [3.8, 4) is 11.3 Å². The lowest BCUT2D eigenvalue weighted by atomic mass is 10.2. The fourth-order valence-corrected chi connectivity index (χ4v) is 2.65. The molecule has 100 valence electrons. The number of aromatic nitrogens is 1. The molecule has 0 bridgehead atoms. The monoisotopic (exact) mass is 372 g/mol. The molecule has 5 heteroatoms. The molecule has 1 aromatic carbocycles. The van der Waals surface area contributed by atoms with Crippen LogP contribution in [0.3, 0.4) is 0 Å². The van der Waals surface area contributed by atoms with Crippen LogP contribution < -0.4 is 5.32 Å². The Bertz CT molecular complexity index is 581. The smallest absolute Gasteiger partial charge is 0.196 e. The summed E-state index contributed by atoms with van der Waals surface area (Å²) in [5.41, 5.74) is 0.885. The molecular weight excluding hydrogens is 358 g/mol. The zero-order valence-electron chi connectivity index (χ0n) is 10.3. The van der Waals surface area contributed by atoms with E-state index in [1.165, 1.54) is 25.0 Å². The number of benzene rings is 1. The maximum absolute atomic E-state index is 13.1. The van der Waals surface area contributed by atoms with Gasteiger partial charge in [-0.15, -0.1) is 0 Å². The Balaban J connectivity index is 1.68. The van der Waals surface area contributed by atoms with Gasteiger partial charge in [0, 0.05) is 28.1 Å².